The molecule has 1 saturated heterocycles. The van der Waals surface area contributed by atoms with Gasteiger partial charge >= 0.3 is 0 Å². The normalized spacial score (nSPS) is 20.2. The summed E-state index contributed by atoms with van der Waals surface area (Å²) in [5, 5.41) is 0. The maximum absolute atomic E-state index is 12.3. The van der Waals surface area contributed by atoms with Gasteiger partial charge in [-0.15, -0.1) is 0 Å². The van der Waals surface area contributed by atoms with Crippen molar-refractivity contribution in [1.82, 2.24) is 4.90 Å². The number of hydrogen-bond acceptors (Lipinski definition) is 5. The first-order chi connectivity index (χ1) is 9.71. The van der Waals surface area contributed by atoms with E-state index < -0.39 is 9.84 Å². The predicted molar refractivity (Wildman–Crippen MR) is 84.3 cm³/mol. The van der Waals surface area contributed by atoms with Gasteiger partial charge in [-0.1, -0.05) is 0 Å². The van der Waals surface area contributed by atoms with Crippen LogP contribution >= 0.6 is 0 Å². The molecule has 116 valence electrons. The molecule has 2 N–H and O–H groups in total. The maximum atomic E-state index is 12.3. The zero-order valence-electron chi connectivity index (χ0n) is 12.5. The third-order valence-corrected chi connectivity index (χ3v) is 5.54. The van der Waals surface area contributed by atoms with Crippen LogP contribution in [-0.4, -0.2) is 57.9 Å². The number of anilines is 2. The molecule has 0 radical (unpaired) electrons. The minimum Gasteiger partial charge on any atom is -0.399 e. The Morgan fingerprint density at radius 2 is 1.95 bits per heavy atom. The molecule has 0 aliphatic carbocycles. The molecule has 1 heterocycles. The van der Waals surface area contributed by atoms with E-state index in [2.05, 4.69) is 0 Å². The minimum absolute atomic E-state index is 0.119. The van der Waals surface area contributed by atoms with Gasteiger partial charge in [0.2, 0.25) is 0 Å². The number of carbonyl (C=O) groups is 1. The standard InChI is InChI=1S/C14H21N3O3S/c1-16(2)14(18)12-5-4-10(15)8-13(12)17(3)11-6-7-21(19,20)9-11/h4-5,8,11H,6-7,9,15H2,1-3H3. The van der Waals surface area contributed by atoms with Crippen LogP contribution in [0.5, 0.6) is 0 Å². The van der Waals surface area contributed by atoms with Gasteiger partial charge in [0.25, 0.3) is 5.91 Å². The monoisotopic (exact) mass is 311 g/mol. The number of nitrogens with two attached hydrogens (primary N) is 1. The molecule has 21 heavy (non-hydrogen) atoms. The fourth-order valence-electron chi connectivity index (χ4n) is 2.54. The number of nitrogen functional groups attached to an aromatic ring is 1. The zero-order chi connectivity index (χ0) is 15.8. The number of amides is 1. The Morgan fingerprint density at radius 3 is 2.48 bits per heavy atom. The second kappa shape index (κ2) is 5.55. The molecular formula is C14H21N3O3S. The molecule has 0 saturated carbocycles. The molecule has 1 fully saturated rings. The van der Waals surface area contributed by atoms with Crippen LogP contribution in [0.1, 0.15) is 16.8 Å². The van der Waals surface area contributed by atoms with Gasteiger partial charge < -0.3 is 15.5 Å². The molecule has 1 aromatic carbocycles. The Kier molecular flexibility index (Phi) is 4.13. The quantitative estimate of drug-likeness (QED) is 0.826. The summed E-state index contributed by atoms with van der Waals surface area (Å²) in [5.41, 5.74) is 7.58. The summed E-state index contributed by atoms with van der Waals surface area (Å²) in [6.07, 6.45) is 0.573. The highest BCUT2D eigenvalue weighted by Gasteiger charge is 2.32. The van der Waals surface area contributed by atoms with E-state index in [1.165, 1.54) is 4.90 Å². The van der Waals surface area contributed by atoms with E-state index in [1.54, 1.807) is 32.3 Å². The molecule has 1 aliphatic heterocycles. The van der Waals surface area contributed by atoms with E-state index in [-0.39, 0.29) is 23.5 Å². The first-order valence-corrected chi connectivity index (χ1v) is 8.58. The largest absolute Gasteiger partial charge is 0.399 e. The number of rotatable bonds is 3. The Balaban J connectivity index is 2.38. The molecule has 7 heteroatoms. The molecule has 1 aliphatic rings. The number of carbonyl (C=O) groups excluding carboxylic acids is 1. The average molecular weight is 311 g/mol. The highest BCUT2D eigenvalue weighted by atomic mass is 32.2. The van der Waals surface area contributed by atoms with Crippen LogP contribution in [-0.2, 0) is 9.84 Å². The number of benzene rings is 1. The van der Waals surface area contributed by atoms with Crippen molar-refractivity contribution < 1.29 is 13.2 Å². The second-order valence-electron chi connectivity index (χ2n) is 5.64. The smallest absolute Gasteiger partial charge is 0.255 e. The van der Waals surface area contributed by atoms with Crippen molar-refractivity contribution in [2.24, 2.45) is 0 Å². The summed E-state index contributed by atoms with van der Waals surface area (Å²) in [6, 6.07) is 4.97. The molecule has 1 unspecified atom stereocenters. The highest BCUT2D eigenvalue weighted by molar-refractivity contribution is 7.91. The van der Waals surface area contributed by atoms with Crippen molar-refractivity contribution in [2.45, 2.75) is 12.5 Å². The summed E-state index contributed by atoms with van der Waals surface area (Å²) in [5.74, 6) is 0.188. The Morgan fingerprint density at radius 1 is 1.29 bits per heavy atom. The molecule has 1 atom stereocenters. The van der Waals surface area contributed by atoms with Gasteiger partial charge in [-0.2, -0.15) is 0 Å². The van der Waals surface area contributed by atoms with Crippen LogP contribution in [0.4, 0.5) is 11.4 Å². The average Bonchev–Trinajstić information content (AvgIpc) is 2.77. The van der Waals surface area contributed by atoms with Crippen molar-refractivity contribution in [2.75, 3.05) is 43.3 Å². The lowest BCUT2D eigenvalue weighted by molar-refractivity contribution is 0.0828. The molecule has 2 rings (SSSR count). The summed E-state index contributed by atoms with van der Waals surface area (Å²) in [4.78, 5) is 15.6. The van der Waals surface area contributed by atoms with Crippen LogP contribution in [0, 0.1) is 0 Å². The van der Waals surface area contributed by atoms with E-state index in [0.29, 0.717) is 23.4 Å². The fourth-order valence-corrected chi connectivity index (χ4v) is 4.31. The topological polar surface area (TPSA) is 83.7 Å². The van der Waals surface area contributed by atoms with Gasteiger partial charge in [0.05, 0.1) is 22.8 Å². The van der Waals surface area contributed by atoms with Gasteiger partial charge in [-0.3, -0.25) is 4.79 Å². The summed E-state index contributed by atoms with van der Waals surface area (Å²) < 4.78 is 23.3. The first kappa shape index (κ1) is 15.6. The summed E-state index contributed by atoms with van der Waals surface area (Å²) >= 11 is 0. The third-order valence-electron chi connectivity index (χ3n) is 3.79. The molecule has 1 amide bonds. The Hall–Kier alpha value is -1.76. The number of sulfone groups is 1. The van der Waals surface area contributed by atoms with E-state index >= 15 is 0 Å². The minimum atomic E-state index is -2.98. The Bertz CT molecular complexity index is 655. The van der Waals surface area contributed by atoms with Crippen molar-refractivity contribution >= 4 is 27.1 Å². The van der Waals surface area contributed by atoms with Gasteiger partial charge in [0.1, 0.15) is 0 Å². The third kappa shape index (κ3) is 3.29. The molecule has 0 bridgehead atoms. The number of nitrogens with zero attached hydrogens (tertiary/aromatic N) is 2. The van der Waals surface area contributed by atoms with E-state index in [4.69, 9.17) is 5.73 Å². The van der Waals surface area contributed by atoms with Crippen LogP contribution in [0.25, 0.3) is 0 Å². The molecule has 0 spiro atoms. The highest BCUT2D eigenvalue weighted by Crippen LogP contribution is 2.28. The van der Waals surface area contributed by atoms with E-state index in [9.17, 15) is 13.2 Å². The molecular weight excluding hydrogens is 290 g/mol. The van der Waals surface area contributed by atoms with Crippen LogP contribution < -0.4 is 10.6 Å². The van der Waals surface area contributed by atoms with Crippen LogP contribution in [0.15, 0.2) is 18.2 Å². The first-order valence-electron chi connectivity index (χ1n) is 6.76. The molecule has 1 aromatic rings. The molecule has 6 nitrogen and oxygen atoms in total. The number of hydrogen-bond donors (Lipinski definition) is 1. The van der Waals surface area contributed by atoms with Crippen LogP contribution in [0.2, 0.25) is 0 Å². The zero-order valence-corrected chi connectivity index (χ0v) is 13.4. The molecule has 0 aromatic heterocycles. The van der Waals surface area contributed by atoms with E-state index in [0.717, 1.165) is 0 Å². The second-order valence-corrected chi connectivity index (χ2v) is 7.87. The maximum Gasteiger partial charge on any atom is 0.255 e. The van der Waals surface area contributed by atoms with Gasteiger partial charge in [-0.05, 0) is 24.6 Å². The van der Waals surface area contributed by atoms with Crippen molar-refractivity contribution in [3.8, 4) is 0 Å². The lowest BCUT2D eigenvalue weighted by Crippen LogP contribution is -2.34. The van der Waals surface area contributed by atoms with Crippen molar-refractivity contribution in [1.29, 1.82) is 0 Å². The fraction of sp³-hybridized carbons (Fsp3) is 0.500. The Labute approximate surface area is 125 Å². The lowest BCUT2D eigenvalue weighted by Gasteiger charge is -2.28. The van der Waals surface area contributed by atoms with Gasteiger partial charge in [0.15, 0.2) is 9.84 Å². The van der Waals surface area contributed by atoms with Crippen molar-refractivity contribution in [3.05, 3.63) is 23.8 Å². The van der Waals surface area contributed by atoms with Crippen molar-refractivity contribution in [3.63, 3.8) is 0 Å². The lowest BCUT2D eigenvalue weighted by atomic mass is 10.1. The van der Waals surface area contributed by atoms with E-state index in [1.807, 2.05) is 11.9 Å². The van der Waals surface area contributed by atoms with Crippen LogP contribution in [0.3, 0.4) is 0 Å². The summed E-state index contributed by atoms with van der Waals surface area (Å²) in [7, 11) is 2.20. The SMILES string of the molecule is CN(C)C(=O)c1ccc(N)cc1N(C)C1CCS(=O)(=O)C1. The van der Waals surface area contributed by atoms with Gasteiger partial charge in [-0.25, -0.2) is 8.42 Å². The summed E-state index contributed by atoms with van der Waals surface area (Å²) in [6.45, 7) is 0. The predicted octanol–water partition coefficient (Wildman–Crippen LogP) is 0.594. The van der Waals surface area contributed by atoms with Gasteiger partial charge in [0, 0.05) is 32.9 Å².